The quantitative estimate of drug-likeness (QED) is 0.858. The Morgan fingerprint density at radius 2 is 2.06 bits per heavy atom. The number of hydrogen-bond acceptors (Lipinski definition) is 4. The van der Waals surface area contributed by atoms with E-state index in [1.807, 2.05) is 31.3 Å². The molecule has 0 fully saturated rings. The Kier molecular flexibility index (Phi) is 3.74. The summed E-state index contributed by atoms with van der Waals surface area (Å²) in [5, 5.41) is 3.07. The molecule has 1 aromatic heterocycles. The van der Waals surface area contributed by atoms with Crippen molar-refractivity contribution in [3.63, 3.8) is 0 Å². The predicted octanol–water partition coefficient (Wildman–Crippen LogP) is 1.59. The number of nitrogens with zero attached hydrogens (tertiary/aromatic N) is 1. The zero-order valence-electron chi connectivity index (χ0n) is 10.4. The molecule has 0 unspecified atom stereocenters. The van der Waals surface area contributed by atoms with Crippen molar-refractivity contribution < 1.29 is 4.74 Å². The van der Waals surface area contributed by atoms with Crippen LogP contribution in [0.15, 0.2) is 35.1 Å². The van der Waals surface area contributed by atoms with Crippen LogP contribution in [0.4, 0.5) is 0 Å². The van der Waals surface area contributed by atoms with Crippen molar-refractivity contribution in [2.75, 3.05) is 7.05 Å². The highest BCUT2D eigenvalue weighted by atomic mass is 16.5. The third-order valence-electron chi connectivity index (χ3n) is 2.36. The van der Waals surface area contributed by atoms with Gasteiger partial charge in [0.2, 0.25) is 5.88 Å². The summed E-state index contributed by atoms with van der Waals surface area (Å²) in [5.74, 6) is 1.49. The van der Waals surface area contributed by atoms with Gasteiger partial charge in [-0.2, -0.15) is 0 Å². The van der Waals surface area contributed by atoms with E-state index in [1.165, 1.54) is 11.6 Å². The second-order valence-corrected chi connectivity index (χ2v) is 3.95. The van der Waals surface area contributed by atoms with E-state index in [0.717, 1.165) is 6.54 Å². The third kappa shape index (κ3) is 3.18. The average Bonchev–Trinajstić information content (AvgIpc) is 2.31. The number of rotatable bonds is 4. The highest BCUT2D eigenvalue weighted by molar-refractivity contribution is 5.30. The van der Waals surface area contributed by atoms with Gasteiger partial charge in [-0.3, -0.25) is 4.79 Å². The molecule has 5 nitrogen and oxygen atoms in total. The number of nitrogens with one attached hydrogen (secondary N) is 2. The molecule has 5 heteroatoms. The van der Waals surface area contributed by atoms with Gasteiger partial charge in [-0.05, 0) is 31.7 Å². The van der Waals surface area contributed by atoms with Gasteiger partial charge >= 0.3 is 0 Å². The number of benzene rings is 1. The molecule has 0 saturated carbocycles. The van der Waals surface area contributed by atoms with Gasteiger partial charge in [0.1, 0.15) is 11.6 Å². The first-order valence-corrected chi connectivity index (χ1v) is 5.67. The summed E-state index contributed by atoms with van der Waals surface area (Å²) in [5.41, 5.74) is 0.948. The Labute approximate surface area is 105 Å². The first-order valence-electron chi connectivity index (χ1n) is 5.67. The second-order valence-electron chi connectivity index (χ2n) is 3.95. The lowest BCUT2D eigenvalue weighted by molar-refractivity contribution is 0.458. The highest BCUT2D eigenvalue weighted by Crippen LogP contribution is 2.18. The molecule has 18 heavy (non-hydrogen) atoms. The molecule has 0 aliphatic rings. The maximum Gasteiger partial charge on any atom is 0.254 e. The largest absolute Gasteiger partial charge is 0.439 e. The topological polar surface area (TPSA) is 67.0 Å². The summed E-state index contributed by atoms with van der Waals surface area (Å²) in [7, 11) is 1.90. The van der Waals surface area contributed by atoms with Crippen molar-refractivity contribution in [3.8, 4) is 11.6 Å². The van der Waals surface area contributed by atoms with Crippen LogP contribution in [0.3, 0.4) is 0 Å². The van der Waals surface area contributed by atoms with Crippen LogP contribution >= 0.6 is 0 Å². The second kappa shape index (κ2) is 5.46. The van der Waals surface area contributed by atoms with Crippen LogP contribution < -0.4 is 15.6 Å². The highest BCUT2D eigenvalue weighted by Gasteiger charge is 2.01. The minimum Gasteiger partial charge on any atom is -0.439 e. The Hall–Kier alpha value is -2.14. The number of H-pyrrole nitrogens is 1. The molecule has 1 heterocycles. The lowest BCUT2D eigenvalue weighted by Gasteiger charge is -2.06. The molecule has 0 amide bonds. The number of hydrogen-bond donors (Lipinski definition) is 2. The number of aryl methyl sites for hydroxylation is 1. The van der Waals surface area contributed by atoms with Crippen molar-refractivity contribution in [1.29, 1.82) is 0 Å². The Morgan fingerprint density at radius 3 is 2.67 bits per heavy atom. The average molecular weight is 245 g/mol. The van der Waals surface area contributed by atoms with Crippen molar-refractivity contribution in [3.05, 3.63) is 52.1 Å². The molecule has 94 valence electrons. The van der Waals surface area contributed by atoms with Gasteiger partial charge in [0.25, 0.3) is 5.56 Å². The van der Waals surface area contributed by atoms with Gasteiger partial charge in [0.05, 0.1) is 6.07 Å². The molecule has 0 aliphatic carbocycles. The van der Waals surface area contributed by atoms with Crippen molar-refractivity contribution >= 4 is 0 Å². The van der Waals surface area contributed by atoms with E-state index in [-0.39, 0.29) is 5.56 Å². The van der Waals surface area contributed by atoms with E-state index in [2.05, 4.69) is 15.3 Å². The van der Waals surface area contributed by atoms with Crippen LogP contribution in [-0.4, -0.2) is 17.0 Å². The molecule has 0 bridgehead atoms. The predicted molar refractivity (Wildman–Crippen MR) is 68.9 cm³/mol. The summed E-state index contributed by atoms with van der Waals surface area (Å²) in [4.78, 5) is 17.9. The maximum absolute atomic E-state index is 11.3. The van der Waals surface area contributed by atoms with E-state index in [9.17, 15) is 4.79 Å². The van der Waals surface area contributed by atoms with Gasteiger partial charge in [0, 0.05) is 6.54 Å². The van der Waals surface area contributed by atoms with Crippen molar-refractivity contribution in [1.82, 2.24) is 15.3 Å². The lowest BCUT2D eigenvalue weighted by Crippen LogP contribution is -2.08. The molecular formula is C13H15N3O2. The smallest absolute Gasteiger partial charge is 0.254 e. The first kappa shape index (κ1) is 12.3. The molecule has 1 aromatic carbocycles. The Bertz CT molecular complexity index is 576. The minimum absolute atomic E-state index is 0.218. The molecule has 2 aromatic rings. The normalized spacial score (nSPS) is 10.3. The van der Waals surface area contributed by atoms with Gasteiger partial charge in [-0.25, -0.2) is 4.98 Å². The summed E-state index contributed by atoms with van der Waals surface area (Å²) in [6.45, 7) is 2.52. The zero-order valence-corrected chi connectivity index (χ0v) is 10.4. The first-order chi connectivity index (χ1) is 8.67. The van der Waals surface area contributed by atoms with Gasteiger partial charge < -0.3 is 15.0 Å². The maximum atomic E-state index is 11.3. The summed E-state index contributed by atoms with van der Waals surface area (Å²) in [6.07, 6.45) is 0. The summed E-state index contributed by atoms with van der Waals surface area (Å²) < 4.78 is 5.52. The molecule has 0 atom stereocenters. The molecular weight excluding hydrogens is 230 g/mol. The van der Waals surface area contributed by atoms with E-state index in [0.29, 0.717) is 17.5 Å². The van der Waals surface area contributed by atoms with Crippen LogP contribution in [0.1, 0.15) is 11.4 Å². The van der Waals surface area contributed by atoms with Crippen molar-refractivity contribution in [2.45, 2.75) is 13.5 Å². The zero-order chi connectivity index (χ0) is 13.0. The van der Waals surface area contributed by atoms with Crippen LogP contribution in [0.25, 0.3) is 0 Å². The molecule has 2 rings (SSSR count). The fraction of sp³-hybridized carbons (Fsp3) is 0.231. The number of aromatic nitrogens is 2. The fourth-order valence-electron chi connectivity index (χ4n) is 1.60. The molecule has 0 spiro atoms. The van der Waals surface area contributed by atoms with Gasteiger partial charge in [-0.1, -0.05) is 12.1 Å². The number of ether oxygens (including phenoxy) is 1. The van der Waals surface area contributed by atoms with Crippen LogP contribution in [0.2, 0.25) is 0 Å². The Balaban J connectivity index is 2.15. The minimum atomic E-state index is -0.218. The SMILES string of the molecule is CNCc1ccc(Oc2cc(=O)[nH]c(C)n2)cc1. The van der Waals surface area contributed by atoms with E-state index < -0.39 is 0 Å². The lowest BCUT2D eigenvalue weighted by atomic mass is 10.2. The monoisotopic (exact) mass is 245 g/mol. The number of aromatic amines is 1. The van der Waals surface area contributed by atoms with Gasteiger partial charge in [0.15, 0.2) is 0 Å². The molecule has 0 saturated heterocycles. The fourth-order valence-corrected chi connectivity index (χ4v) is 1.60. The van der Waals surface area contributed by atoms with Crippen molar-refractivity contribution in [2.24, 2.45) is 0 Å². The Morgan fingerprint density at radius 1 is 1.33 bits per heavy atom. The standard InChI is InChI=1S/C13H15N3O2/c1-9-15-12(17)7-13(16-9)18-11-5-3-10(4-6-11)8-14-2/h3-7,14H,8H2,1-2H3,(H,15,16,17). The van der Waals surface area contributed by atoms with E-state index in [4.69, 9.17) is 4.74 Å². The summed E-state index contributed by atoms with van der Waals surface area (Å²) >= 11 is 0. The molecule has 2 N–H and O–H groups in total. The van der Waals surface area contributed by atoms with Crippen LogP contribution in [-0.2, 0) is 6.54 Å². The summed E-state index contributed by atoms with van der Waals surface area (Å²) in [6, 6.07) is 8.96. The third-order valence-corrected chi connectivity index (χ3v) is 2.36. The van der Waals surface area contributed by atoms with Gasteiger partial charge in [-0.15, -0.1) is 0 Å². The van der Waals surface area contributed by atoms with Crippen LogP contribution in [0.5, 0.6) is 11.6 Å². The van der Waals surface area contributed by atoms with E-state index in [1.54, 1.807) is 6.92 Å². The van der Waals surface area contributed by atoms with E-state index >= 15 is 0 Å². The van der Waals surface area contributed by atoms with Crippen LogP contribution in [0, 0.1) is 6.92 Å². The molecule has 0 radical (unpaired) electrons. The molecule has 0 aliphatic heterocycles.